The van der Waals surface area contributed by atoms with Crippen LogP contribution in [0.2, 0.25) is 0 Å². The lowest BCUT2D eigenvalue weighted by Gasteiger charge is -2.38. The molecule has 32 heavy (non-hydrogen) atoms. The van der Waals surface area contributed by atoms with Crippen molar-refractivity contribution >= 4 is 69.9 Å². The number of amides is 1. The number of carbonyl (C=O) groups excluding carboxylic acids is 1. The van der Waals surface area contributed by atoms with Gasteiger partial charge >= 0.3 is 0 Å². The number of aromatic nitrogens is 1. The van der Waals surface area contributed by atoms with E-state index in [0.29, 0.717) is 30.3 Å². The molecule has 0 radical (unpaired) electrons. The van der Waals surface area contributed by atoms with Crippen molar-refractivity contribution in [1.82, 2.24) is 14.2 Å². The van der Waals surface area contributed by atoms with Crippen molar-refractivity contribution in [3.8, 4) is 0 Å². The molecule has 0 saturated carbocycles. The largest absolute Gasteiger partial charge is 0.345 e. The maximum absolute atomic E-state index is 13.2. The van der Waals surface area contributed by atoms with Gasteiger partial charge in [-0.2, -0.15) is 4.31 Å². The van der Waals surface area contributed by atoms with Crippen molar-refractivity contribution in [3.05, 3.63) is 40.2 Å². The van der Waals surface area contributed by atoms with Crippen LogP contribution in [0.3, 0.4) is 0 Å². The number of anilines is 1. The number of piperazine rings is 1. The molecule has 7 nitrogen and oxygen atoms in total. The Bertz CT molecular complexity index is 1220. The minimum absolute atomic E-state index is 0.0731. The maximum Gasteiger partial charge on any atom is 0.252 e. The Morgan fingerprint density at radius 1 is 1.12 bits per heavy atom. The second-order valence-electron chi connectivity index (χ2n) is 8.06. The fourth-order valence-electron chi connectivity index (χ4n) is 4.30. The number of sulfonamides is 1. The fraction of sp³-hybridized carbons (Fsp3) is 0.429. The summed E-state index contributed by atoms with van der Waals surface area (Å²) in [5, 5.41) is 2.75. The summed E-state index contributed by atoms with van der Waals surface area (Å²) in [6, 6.07) is 9.46. The molecule has 170 valence electrons. The normalized spacial score (nSPS) is 20.7. The van der Waals surface area contributed by atoms with Crippen LogP contribution < -0.4 is 4.90 Å². The van der Waals surface area contributed by atoms with Gasteiger partial charge in [-0.05, 0) is 42.5 Å². The predicted molar refractivity (Wildman–Crippen MR) is 132 cm³/mol. The van der Waals surface area contributed by atoms with E-state index in [2.05, 4.69) is 26.9 Å². The van der Waals surface area contributed by atoms with Gasteiger partial charge in [0.1, 0.15) is 4.21 Å². The highest BCUT2D eigenvalue weighted by molar-refractivity contribution is 9.10. The monoisotopic (exact) mass is 554 g/mol. The number of hydrogen-bond donors (Lipinski definition) is 0. The third-order valence-corrected chi connectivity index (χ3v) is 10.8. The Balaban J connectivity index is 1.22. The Morgan fingerprint density at radius 3 is 2.69 bits per heavy atom. The van der Waals surface area contributed by atoms with Gasteiger partial charge in [-0.25, -0.2) is 13.4 Å². The van der Waals surface area contributed by atoms with Gasteiger partial charge < -0.3 is 9.80 Å². The predicted octanol–water partition coefficient (Wildman–Crippen LogP) is 3.87. The van der Waals surface area contributed by atoms with Gasteiger partial charge in [-0.15, -0.1) is 11.3 Å². The van der Waals surface area contributed by atoms with Crippen LogP contribution in [0, 0.1) is 5.92 Å². The molecule has 1 atom stereocenters. The molecule has 2 aliphatic heterocycles. The van der Waals surface area contributed by atoms with E-state index in [0.717, 1.165) is 39.3 Å². The average Bonchev–Trinajstić information content (AvgIpc) is 3.49. The highest BCUT2D eigenvalue weighted by Crippen LogP contribution is 2.32. The van der Waals surface area contributed by atoms with Crippen molar-refractivity contribution < 1.29 is 13.2 Å². The van der Waals surface area contributed by atoms with E-state index >= 15 is 0 Å². The first-order valence-corrected chi connectivity index (χ1v) is 14.5. The van der Waals surface area contributed by atoms with Crippen molar-refractivity contribution in [1.29, 1.82) is 0 Å². The quantitative estimate of drug-likeness (QED) is 0.489. The lowest BCUT2D eigenvalue weighted by molar-refractivity contribution is -0.137. The summed E-state index contributed by atoms with van der Waals surface area (Å²) < 4.78 is 29.8. The van der Waals surface area contributed by atoms with Gasteiger partial charge in [0.15, 0.2) is 5.13 Å². The molecule has 0 N–H and O–H groups in total. The van der Waals surface area contributed by atoms with Gasteiger partial charge in [-0.1, -0.05) is 33.3 Å². The molecule has 2 aromatic heterocycles. The minimum Gasteiger partial charge on any atom is -0.345 e. The zero-order valence-electron chi connectivity index (χ0n) is 17.3. The molecule has 11 heteroatoms. The lowest BCUT2D eigenvalue weighted by Crippen LogP contribution is -2.53. The number of carbonyl (C=O) groups is 1. The summed E-state index contributed by atoms with van der Waals surface area (Å²) in [5.41, 5.74) is 0.987. The second-order valence-corrected chi connectivity index (χ2v) is 13.1. The van der Waals surface area contributed by atoms with Crippen LogP contribution in [0.1, 0.15) is 12.8 Å². The molecule has 1 unspecified atom stereocenters. The summed E-state index contributed by atoms with van der Waals surface area (Å²) in [4.78, 5) is 22.1. The summed E-state index contributed by atoms with van der Waals surface area (Å²) in [6.45, 7) is 3.48. The van der Waals surface area contributed by atoms with E-state index in [-0.39, 0.29) is 18.4 Å². The molecular weight excluding hydrogens is 532 g/mol. The van der Waals surface area contributed by atoms with Crippen LogP contribution in [0.5, 0.6) is 0 Å². The molecule has 0 aliphatic carbocycles. The van der Waals surface area contributed by atoms with Crippen LogP contribution in [-0.4, -0.2) is 67.8 Å². The molecule has 2 saturated heterocycles. The van der Waals surface area contributed by atoms with Gasteiger partial charge in [0, 0.05) is 43.7 Å². The van der Waals surface area contributed by atoms with E-state index in [4.69, 9.17) is 4.98 Å². The SMILES string of the molecule is O=C(C1CCCN(S(=O)(=O)c2cccs2)C1)N1CCN(c2nc3ccc(Br)cc3s2)CC1. The lowest BCUT2D eigenvalue weighted by atomic mass is 9.98. The maximum atomic E-state index is 13.2. The molecule has 0 spiro atoms. The summed E-state index contributed by atoms with van der Waals surface area (Å²) >= 11 is 6.40. The third-order valence-electron chi connectivity index (χ3n) is 6.02. The first-order valence-electron chi connectivity index (χ1n) is 10.6. The molecular formula is C21H23BrN4O3S3. The molecule has 5 rings (SSSR count). The van der Waals surface area contributed by atoms with E-state index in [9.17, 15) is 13.2 Å². The van der Waals surface area contributed by atoms with E-state index < -0.39 is 10.0 Å². The minimum atomic E-state index is -3.51. The van der Waals surface area contributed by atoms with Gasteiger partial charge in [0.25, 0.3) is 10.0 Å². The summed E-state index contributed by atoms with van der Waals surface area (Å²) in [6.07, 6.45) is 1.45. The first-order chi connectivity index (χ1) is 15.4. The second kappa shape index (κ2) is 9.02. The van der Waals surface area contributed by atoms with Crippen LogP contribution >= 0.6 is 38.6 Å². The number of halogens is 1. The zero-order chi connectivity index (χ0) is 22.3. The van der Waals surface area contributed by atoms with Crippen molar-refractivity contribution in [3.63, 3.8) is 0 Å². The number of rotatable bonds is 4. The number of piperidine rings is 1. The smallest absolute Gasteiger partial charge is 0.252 e. The zero-order valence-corrected chi connectivity index (χ0v) is 21.4. The van der Waals surface area contributed by atoms with Crippen LogP contribution in [-0.2, 0) is 14.8 Å². The topological polar surface area (TPSA) is 73.8 Å². The Labute approximate surface area is 203 Å². The van der Waals surface area contributed by atoms with Crippen molar-refractivity contribution in [2.75, 3.05) is 44.2 Å². The molecule has 2 aliphatic rings. The number of fused-ring (bicyclic) bond motifs is 1. The van der Waals surface area contributed by atoms with Crippen molar-refractivity contribution in [2.24, 2.45) is 5.92 Å². The molecule has 2 fully saturated rings. The van der Waals surface area contributed by atoms with E-state index in [1.165, 1.54) is 15.6 Å². The van der Waals surface area contributed by atoms with Crippen LogP contribution in [0.4, 0.5) is 5.13 Å². The number of thiazole rings is 1. The standard InChI is InChI=1S/C21H23BrN4O3S3/c22-16-5-6-17-18(13-16)31-21(23-17)25-10-8-24(9-11-25)20(27)15-3-1-7-26(14-15)32(28,29)19-4-2-12-30-19/h2,4-6,12-13,15H,1,3,7-11,14H2. The van der Waals surface area contributed by atoms with Gasteiger partial charge in [0.2, 0.25) is 5.91 Å². The van der Waals surface area contributed by atoms with Crippen LogP contribution in [0.15, 0.2) is 44.4 Å². The first kappa shape index (κ1) is 22.3. The number of benzene rings is 1. The molecule has 4 heterocycles. The molecule has 1 amide bonds. The number of hydrogen-bond acceptors (Lipinski definition) is 7. The number of nitrogens with zero attached hydrogens (tertiary/aromatic N) is 4. The van der Waals surface area contributed by atoms with Gasteiger partial charge in [0.05, 0.1) is 16.1 Å². The average molecular weight is 556 g/mol. The van der Waals surface area contributed by atoms with E-state index in [1.54, 1.807) is 28.8 Å². The van der Waals surface area contributed by atoms with Crippen molar-refractivity contribution in [2.45, 2.75) is 17.1 Å². The highest BCUT2D eigenvalue weighted by Gasteiger charge is 2.36. The Morgan fingerprint density at radius 2 is 1.94 bits per heavy atom. The summed E-state index contributed by atoms with van der Waals surface area (Å²) in [7, 11) is -3.51. The number of thiophene rings is 1. The Hall–Kier alpha value is -1.53. The van der Waals surface area contributed by atoms with E-state index in [1.807, 2.05) is 17.0 Å². The van der Waals surface area contributed by atoms with Crippen LogP contribution in [0.25, 0.3) is 10.2 Å². The molecule has 3 aromatic rings. The molecule has 0 bridgehead atoms. The van der Waals surface area contributed by atoms with Gasteiger partial charge in [-0.3, -0.25) is 4.79 Å². The molecule has 1 aromatic carbocycles. The highest BCUT2D eigenvalue weighted by atomic mass is 79.9. The Kier molecular flexibility index (Phi) is 6.28. The summed E-state index contributed by atoms with van der Waals surface area (Å²) in [5.74, 6) is -0.200. The fourth-order valence-corrected chi connectivity index (χ4v) is 8.54. The third kappa shape index (κ3) is 4.33.